The monoisotopic (exact) mass is 234 g/mol. The van der Waals surface area contributed by atoms with Gasteiger partial charge in [-0.25, -0.2) is 0 Å². The Morgan fingerprint density at radius 3 is 2.35 bits per heavy atom. The molecule has 1 aliphatic carbocycles. The summed E-state index contributed by atoms with van der Waals surface area (Å²) < 4.78 is 0. The summed E-state index contributed by atoms with van der Waals surface area (Å²) in [6.07, 6.45) is 2.06. The maximum absolute atomic E-state index is 12.2. The third-order valence-corrected chi connectivity index (χ3v) is 3.80. The molecule has 1 unspecified atom stereocenters. The second-order valence-corrected chi connectivity index (χ2v) is 4.89. The normalized spacial score (nSPS) is 22.9. The molecule has 92 valence electrons. The van der Waals surface area contributed by atoms with E-state index >= 15 is 0 Å². The van der Waals surface area contributed by atoms with Gasteiger partial charge in [-0.05, 0) is 24.8 Å². The average molecular weight is 234 g/mol. The first-order valence-electron chi connectivity index (χ1n) is 6.02. The third-order valence-electron chi connectivity index (χ3n) is 3.80. The summed E-state index contributed by atoms with van der Waals surface area (Å²) in [5.74, 6) is -0.0388. The maximum Gasteiger partial charge on any atom is 0.147 e. The zero-order valence-electron chi connectivity index (χ0n) is 9.80. The summed E-state index contributed by atoms with van der Waals surface area (Å²) >= 11 is 0. The van der Waals surface area contributed by atoms with E-state index in [0.29, 0.717) is 12.8 Å². The van der Waals surface area contributed by atoms with Gasteiger partial charge in [0.25, 0.3) is 0 Å². The summed E-state index contributed by atoms with van der Waals surface area (Å²) in [7, 11) is 0. The fraction of sp³-hybridized carbons (Fsp3) is 0.500. The van der Waals surface area contributed by atoms with E-state index in [1.165, 1.54) is 0 Å². The van der Waals surface area contributed by atoms with Crippen LogP contribution < -0.4 is 0 Å². The molecule has 0 aliphatic heterocycles. The van der Waals surface area contributed by atoms with Gasteiger partial charge in [-0.3, -0.25) is 4.79 Å². The van der Waals surface area contributed by atoms with Gasteiger partial charge >= 0.3 is 0 Å². The van der Waals surface area contributed by atoms with E-state index < -0.39 is 5.41 Å². The van der Waals surface area contributed by atoms with Crippen LogP contribution in [0.15, 0.2) is 30.3 Å². The van der Waals surface area contributed by atoms with Gasteiger partial charge < -0.3 is 10.2 Å². The summed E-state index contributed by atoms with van der Waals surface area (Å²) in [5.41, 5.74) is 0.247. The van der Waals surface area contributed by atoms with E-state index in [1.807, 2.05) is 30.3 Å². The Kier molecular flexibility index (Phi) is 3.60. The Bertz CT molecular complexity index is 382. The molecule has 1 saturated carbocycles. The zero-order chi connectivity index (χ0) is 12.3. The number of rotatable bonds is 4. The lowest BCUT2D eigenvalue weighted by Gasteiger charge is -2.22. The number of carbonyl (C=O) groups is 1. The van der Waals surface area contributed by atoms with Gasteiger partial charge in [0.05, 0.1) is 18.6 Å². The van der Waals surface area contributed by atoms with Crippen molar-refractivity contribution >= 4 is 5.78 Å². The first kappa shape index (κ1) is 12.3. The van der Waals surface area contributed by atoms with Crippen molar-refractivity contribution in [2.45, 2.75) is 19.3 Å². The van der Waals surface area contributed by atoms with Crippen LogP contribution >= 0.6 is 0 Å². The molecule has 0 spiro atoms. The number of aliphatic hydroxyl groups excluding tert-OH is 2. The highest BCUT2D eigenvalue weighted by atomic mass is 16.3. The number of hydrogen-bond acceptors (Lipinski definition) is 3. The van der Waals surface area contributed by atoms with Crippen molar-refractivity contribution in [2.24, 2.45) is 11.3 Å². The molecule has 3 heteroatoms. The Labute approximate surface area is 101 Å². The number of benzene rings is 1. The van der Waals surface area contributed by atoms with Gasteiger partial charge in [0, 0.05) is 5.92 Å². The van der Waals surface area contributed by atoms with Crippen LogP contribution in [-0.4, -0.2) is 29.2 Å². The van der Waals surface area contributed by atoms with Crippen LogP contribution in [-0.2, 0) is 11.2 Å². The molecule has 0 radical (unpaired) electrons. The Morgan fingerprint density at radius 1 is 1.18 bits per heavy atom. The minimum atomic E-state index is -0.889. The molecule has 2 N–H and O–H groups in total. The van der Waals surface area contributed by atoms with Crippen LogP contribution in [0.5, 0.6) is 0 Å². The lowest BCUT2D eigenvalue weighted by molar-refractivity contribution is -0.133. The summed E-state index contributed by atoms with van der Waals surface area (Å²) in [6.45, 7) is -0.485. The Morgan fingerprint density at radius 2 is 1.82 bits per heavy atom. The second kappa shape index (κ2) is 4.98. The van der Waals surface area contributed by atoms with Crippen molar-refractivity contribution in [1.29, 1.82) is 0 Å². The van der Waals surface area contributed by atoms with Gasteiger partial charge in [-0.2, -0.15) is 0 Å². The largest absolute Gasteiger partial charge is 0.395 e. The summed E-state index contributed by atoms with van der Waals surface area (Å²) in [4.78, 5) is 12.2. The quantitative estimate of drug-likeness (QED) is 0.822. The van der Waals surface area contributed by atoms with Crippen LogP contribution in [0.1, 0.15) is 18.4 Å². The van der Waals surface area contributed by atoms with Gasteiger partial charge in [0.1, 0.15) is 5.78 Å². The van der Waals surface area contributed by atoms with E-state index in [0.717, 1.165) is 12.0 Å². The first-order valence-corrected chi connectivity index (χ1v) is 6.02. The van der Waals surface area contributed by atoms with Gasteiger partial charge in [0.2, 0.25) is 0 Å². The van der Waals surface area contributed by atoms with Crippen LogP contribution in [0.4, 0.5) is 0 Å². The van der Waals surface area contributed by atoms with Gasteiger partial charge in [-0.1, -0.05) is 30.3 Å². The number of carbonyl (C=O) groups excluding carboxylic acids is 1. The van der Waals surface area contributed by atoms with E-state index in [-0.39, 0.29) is 24.9 Å². The molecule has 0 saturated heterocycles. The summed E-state index contributed by atoms with van der Waals surface area (Å²) in [5, 5.41) is 18.6. The molecular formula is C14H18O3. The highest BCUT2D eigenvalue weighted by Gasteiger charge is 2.46. The highest BCUT2D eigenvalue weighted by molar-refractivity contribution is 5.89. The SMILES string of the molecule is O=C1C(Cc2ccccc2)CCC1(CO)CO. The van der Waals surface area contributed by atoms with Crippen molar-refractivity contribution in [3.63, 3.8) is 0 Å². The molecule has 1 aromatic rings. The average Bonchev–Trinajstić information content (AvgIpc) is 2.69. The van der Waals surface area contributed by atoms with E-state index in [1.54, 1.807) is 0 Å². The summed E-state index contributed by atoms with van der Waals surface area (Å²) in [6, 6.07) is 9.88. The molecular weight excluding hydrogens is 216 g/mol. The molecule has 0 amide bonds. The predicted molar refractivity (Wildman–Crippen MR) is 64.5 cm³/mol. The van der Waals surface area contributed by atoms with E-state index in [2.05, 4.69) is 0 Å². The molecule has 1 fully saturated rings. The second-order valence-electron chi connectivity index (χ2n) is 4.89. The van der Waals surface area contributed by atoms with Crippen molar-refractivity contribution < 1.29 is 15.0 Å². The Balaban J connectivity index is 2.08. The smallest absolute Gasteiger partial charge is 0.147 e. The fourth-order valence-corrected chi connectivity index (χ4v) is 2.60. The third kappa shape index (κ3) is 2.26. The van der Waals surface area contributed by atoms with Crippen molar-refractivity contribution in [1.82, 2.24) is 0 Å². The molecule has 3 nitrogen and oxygen atoms in total. The van der Waals surface area contributed by atoms with Crippen LogP contribution in [0.2, 0.25) is 0 Å². The molecule has 0 aromatic heterocycles. The van der Waals surface area contributed by atoms with Gasteiger partial charge in [-0.15, -0.1) is 0 Å². The van der Waals surface area contributed by atoms with E-state index in [9.17, 15) is 15.0 Å². The number of aliphatic hydroxyl groups is 2. The van der Waals surface area contributed by atoms with Crippen LogP contribution in [0.25, 0.3) is 0 Å². The lowest BCUT2D eigenvalue weighted by atomic mass is 9.84. The molecule has 17 heavy (non-hydrogen) atoms. The van der Waals surface area contributed by atoms with Crippen LogP contribution in [0.3, 0.4) is 0 Å². The number of ketones is 1. The van der Waals surface area contributed by atoms with Crippen molar-refractivity contribution in [3.8, 4) is 0 Å². The van der Waals surface area contributed by atoms with Crippen molar-refractivity contribution in [2.75, 3.05) is 13.2 Å². The predicted octanol–water partition coefficient (Wildman–Crippen LogP) is 1.18. The molecule has 1 aliphatic rings. The van der Waals surface area contributed by atoms with Crippen LogP contribution in [0, 0.1) is 11.3 Å². The number of Topliss-reactive ketones (excluding diaryl/α,β-unsaturated/α-hetero) is 1. The minimum absolute atomic E-state index is 0.0198. The van der Waals surface area contributed by atoms with E-state index in [4.69, 9.17) is 0 Å². The number of hydrogen-bond donors (Lipinski definition) is 2. The Hall–Kier alpha value is -1.19. The lowest BCUT2D eigenvalue weighted by Crippen LogP contribution is -2.36. The molecule has 1 atom stereocenters. The molecule has 0 heterocycles. The molecule has 1 aromatic carbocycles. The topological polar surface area (TPSA) is 57.5 Å². The molecule has 2 rings (SSSR count). The molecule has 0 bridgehead atoms. The minimum Gasteiger partial charge on any atom is -0.395 e. The highest BCUT2D eigenvalue weighted by Crippen LogP contribution is 2.39. The fourth-order valence-electron chi connectivity index (χ4n) is 2.60. The van der Waals surface area contributed by atoms with Crippen molar-refractivity contribution in [3.05, 3.63) is 35.9 Å². The first-order chi connectivity index (χ1) is 8.22. The maximum atomic E-state index is 12.2. The van der Waals surface area contributed by atoms with Gasteiger partial charge in [0.15, 0.2) is 0 Å². The zero-order valence-corrected chi connectivity index (χ0v) is 9.80. The standard InChI is InChI=1S/C14H18O3/c15-9-14(10-16)7-6-12(13(14)17)8-11-4-2-1-3-5-11/h1-5,12,15-16H,6-10H2.